The van der Waals surface area contributed by atoms with E-state index >= 15 is 0 Å². The monoisotopic (exact) mass is 262 g/mol. The fourth-order valence-electron chi connectivity index (χ4n) is 1.32. The second-order valence-corrected chi connectivity index (χ2v) is 3.57. The standard InChI is InChI=1S/C10H14O8/c1-2-18-7(13)5-10(8(14)15,9(16)17)4-3-6(11)12/h2-5H2,1H3,(H,11,12)(H,14,15)(H,16,17). The highest BCUT2D eigenvalue weighted by atomic mass is 16.5. The van der Waals surface area contributed by atoms with Gasteiger partial charge in [0.1, 0.15) is 0 Å². The second-order valence-electron chi connectivity index (χ2n) is 3.57. The number of carboxylic acid groups (broad SMARTS) is 3. The topological polar surface area (TPSA) is 138 Å². The van der Waals surface area contributed by atoms with Gasteiger partial charge in [-0.1, -0.05) is 0 Å². The van der Waals surface area contributed by atoms with Crippen molar-refractivity contribution in [2.24, 2.45) is 5.41 Å². The molecule has 0 heterocycles. The Morgan fingerprint density at radius 1 is 1.06 bits per heavy atom. The number of hydrogen-bond donors (Lipinski definition) is 3. The summed E-state index contributed by atoms with van der Waals surface area (Å²) in [6, 6.07) is 0. The third kappa shape index (κ3) is 4.04. The first-order chi connectivity index (χ1) is 8.26. The van der Waals surface area contributed by atoms with Gasteiger partial charge in [-0.25, -0.2) is 0 Å². The van der Waals surface area contributed by atoms with Crippen LogP contribution < -0.4 is 0 Å². The Morgan fingerprint density at radius 2 is 1.56 bits per heavy atom. The number of hydrogen-bond acceptors (Lipinski definition) is 5. The van der Waals surface area contributed by atoms with Gasteiger partial charge in [0.25, 0.3) is 0 Å². The van der Waals surface area contributed by atoms with E-state index in [2.05, 4.69) is 4.74 Å². The normalized spacial score (nSPS) is 10.7. The molecule has 0 atom stereocenters. The quantitative estimate of drug-likeness (QED) is 0.409. The van der Waals surface area contributed by atoms with Crippen molar-refractivity contribution >= 4 is 23.9 Å². The van der Waals surface area contributed by atoms with Crippen molar-refractivity contribution in [1.29, 1.82) is 0 Å². The van der Waals surface area contributed by atoms with Crippen LogP contribution in [-0.4, -0.2) is 45.8 Å². The molecule has 0 aromatic rings. The fourth-order valence-corrected chi connectivity index (χ4v) is 1.32. The Labute approximate surface area is 102 Å². The first-order valence-electron chi connectivity index (χ1n) is 5.10. The molecule has 8 heteroatoms. The van der Waals surface area contributed by atoms with E-state index in [1.165, 1.54) is 6.92 Å². The van der Waals surface area contributed by atoms with Gasteiger partial charge < -0.3 is 20.1 Å². The van der Waals surface area contributed by atoms with Gasteiger partial charge in [-0.15, -0.1) is 0 Å². The van der Waals surface area contributed by atoms with E-state index in [0.717, 1.165) is 0 Å². The van der Waals surface area contributed by atoms with E-state index in [0.29, 0.717) is 0 Å². The summed E-state index contributed by atoms with van der Waals surface area (Å²) in [6.07, 6.45) is -2.26. The van der Waals surface area contributed by atoms with Crippen LogP contribution in [0.3, 0.4) is 0 Å². The SMILES string of the molecule is CCOC(=O)CC(CCC(=O)O)(C(=O)O)C(=O)O. The molecule has 0 amide bonds. The predicted molar refractivity (Wildman–Crippen MR) is 55.8 cm³/mol. The molecule has 0 aliphatic carbocycles. The van der Waals surface area contributed by atoms with Crippen LogP contribution >= 0.6 is 0 Å². The molecule has 0 aliphatic heterocycles. The van der Waals surface area contributed by atoms with Crippen molar-refractivity contribution in [2.45, 2.75) is 26.2 Å². The highest BCUT2D eigenvalue weighted by Crippen LogP contribution is 2.30. The highest BCUT2D eigenvalue weighted by Gasteiger charge is 2.48. The molecule has 0 aromatic carbocycles. The first kappa shape index (κ1) is 15.9. The molecule has 0 saturated carbocycles. The van der Waals surface area contributed by atoms with Crippen LogP contribution in [0.4, 0.5) is 0 Å². The lowest BCUT2D eigenvalue weighted by Gasteiger charge is -2.22. The van der Waals surface area contributed by atoms with E-state index in [1.807, 2.05) is 0 Å². The van der Waals surface area contributed by atoms with Gasteiger partial charge in [-0.05, 0) is 13.3 Å². The molecular formula is C10H14O8. The van der Waals surface area contributed by atoms with E-state index in [4.69, 9.17) is 15.3 Å². The average Bonchev–Trinajstić information content (AvgIpc) is 2.23. The third-order valence-corrected chi connectivity index (χ3v) is 2.34. The molecule has 0 aromatic heterocycles. The molecule has 3 N–H and O–H groups in total. The van der Waals surface area contributed by atoms with Crippen LogP contribution in [0.25, 0.3) is 0 Å². The van der Waals surface area contributed by atoms with Crippen LogP contribution in [0.15, 0.2) is 0 Å². The maximum Gasteiger partial charge on any atom is 0.321 e. The Morgan fingerprint density at radius 3 is 1.89 bits per heavy atom. The van der Waals surface area contributed by atoms with E-state index in [-0.39, 0.29) is 6.61 Å². The maximum atomic E-state index is 11.2. The van der Waals surface area contributed by atoms with Gasteiger partial charge in [0.05, 0.1) is 13.0 Å². The van der Waals surface area contributed by atoms with Gasteiger partial charge in [0.15, 0.2) is 5.41 Å². The number of carbonyl (C=O) groups excluding carboxylic acids is 1. The summed E-state index contributed by atoms with van der Waals surface area (Å²) in [6.45, 7) is 1.46. The van der Waals surface area contributed by atoms with Crippen LogP contribution in [0.2, 0.25) is 0 Å². The molecule has 102 valence electrons. The average molecular weight is 262 g/mol. The highest BCUT2D eigenvalue weighted by molar-refractivity contribution is 6.01. The van der Waals surface area contributed by atoms with Crippen molar-refractivity contribution in [2.75, 3.05) is 6.61 Å². The maximum absolute atomic E-state index is 11.2. The van der Waals surface area contributed by atoms with Crippen molar-refractivity contribution in [3.63, 3.8) is 0 Å². The first-order valence-corrected chi connectivity index (χ1v) is 5.10. The molecule has 0 saturated heterocycles. The molecule has 0 radical (unpaired) electrons. The smallest absolute Gasteiger partial charge is 0.321 e. The minimum Gasteiger partial charge on any atom is -0.481 e. The molecule has 0 unspecified atom stereocenters. The zero-order valence-corrected chi connectivity index (χ0v) is 9.71. The number of rotatable bonds is 8. The summed E-state index contributed by atoms with van der Waals surface area (Å²) in [4.78, 5) is 43.7. The lowest BCUT2D eigenvalue weighted by molar-refractivity contribution is -0.171. The summed E-state index contributed by atoms with van der Waals surface area (Å²) in [5.41, 5.74) is -2.47. The van der Waals surface area contributed by atoms with Crippen LogP contribution in [0.1, 0.15) is 26.2 Å². The summed E-state index contributed by atoms with van der Waals surface area (Å²) in [5.74, 6) is -5.85. The van der Waals surface area contributed by atoms with Crippen molar-refractivity contribution in [1.82, 2.24) is 0 Å². The zero-order chi connectivity index (χ0) is 14.3. The third-order valence-electron chi connectivity index (χ3n) is 2.34. The van der Waals surface area contributed by atoms with Crippen molar-refractivity contribution < 1.29 is 39.2 Å². The lowest BCUT2D eigenvalue weighted by atomic mass is 9.80. The van der Waals surface area contributed by atoms with Crippen LogP contribution in [0, 0.1) is 5.41 Å². The molecule has 0 fully saturated rings. The number of carbonyl (C=O) groups is 4. The molecule has 0 rings (SSSR count). The number of esters is 1. The van der Waals surface area contributed by atoms with E-state index in [9.17, 15) is 19.2 Å². The van der Waals surface area contributed by atoms with Gasteiger partial charge in [0.2, 0.25) is 0 Å². The Balaban J connectivity index is 5.10. The summed E-state index contributed by atoms with van der Waals surface area (Å²) in [7, 11) is 0. The van der Waals surface area contributed by atoms with Gasteiger partial charge in [0, 0.05) is 6.42 Å². The fraction of sp³-hybridized carbons (Fsp3) is 0.600. The minimum absolute atomic E-state index is 0.0208. The predicted octanol–water partition coefficient (Wildman–Crippen LogP) is -0.0400. The molecule has 18 heavy (non-hydrogen) atoms. The Hall–Kier alpha value is -2.12. The number of carboxylic acids is 3. The van der Waals surface area contributed by atoms with Crippen molar-refractivity contribution in [3.8, 4) is 0 Å². The minimum atomic E-state index is -2.47. The van der Waals surface area contributed by atoms with Crippen LogP contribution in [0.5, 0.6) is 0 Å². The Kier molecular flexibility index (Phi) is 5.80. The summed E-state index contributed by atoms with van der Waals surface area (Å²) in [5, 5.41) is 26.4. The summed E-state index contributed by atoms with van der Waals surface area (Å²) < 4.78 is 4.49. The lowest BCUT2D eigenvalue weighted by Crippen LogP contribution is -2.42. The van der Waals surface area contributed by atoms with Gasteiger partial charge in [-0.3, -0.25) is 19.2 Å². The molecule has 0 spiro atoms. The van der Waals surface area contributed by atoms with E-state index in [1.54, 1.807) is 0 Å². The molecule has 8 nitrogen and oxygen atoms in total. The zero-order valence-electron chi connectivity index (χ0n) is 9.71. The number of ether oxygens (including phenoxy) is 1. The second kappa shape index (κ2) is 6.58. The number of aliphatic carboxylic acids is 3. The van der Waals surface area contributed by atoms with Crippen LogP contribution in [-0.2, 0) is 23.9 Å². The van der Waals surface area contributed by atoms with E-state index < -0.39 is 48.6 Å². The Bertz CT molecular complexity index is 345. The molecular weight excluding hydrogens is 248 g/mol. The van der Waals surface area contributed by atoms with Gasteiger partial charge in [-0.2, -0.15) is 0 Å². The van der Waals surface area contributed by atoms with Crippen molar-refractivity contribution in [3.05, 3.63) is 0 Å². The molecule has 0 bridgehead atoms. The molecule has 0 aliphatic rings. The van der Waals surface area contributed by atoms with Gasteiger partial charge >= 0.3 is 23.9 Å². The summed E-state index contributed by atoms with van der Waals surface area (Å²) >= 11 is 0. The largest absolute Gasteiger partial charge is 0.481 e.